The number of anilines is 1. The molecule has 2 amide bonds. The summed E-state index contributed by atoms with van der Waals surface area (Å²) >= 11 is 1.51. The van der Waals surface area contributed by atoms with E-state index in [4.69, 9.17) is 4.74 Å². The molecule has 0 saturated carbocycles. The maximum atomic E-state index is 13.9. The van der Waals surface area contributed by atoms with Gasteiger partial charge >= 0.3 is 0 Å². The summed E-state index contributed by atoms with van der Waals surface area (Å²) in [6.07, 6.45) is 1.91. The van der Waals surface area contributed by atoms with E-state index < -0.39 is 28.5 Å². The Balaban J connectivity index is 2.01. The summed E-state index contributed by atoms with van der Waals surface area (Å²) in [6, 6.07) is 19.8. The molecule has 0 fully saturated rings. The highest BCUT2D eigenvalue weighted by atomic mass is 32.2. The van der Waals surface area contributed by atoms with Crippen LogP contribution in [0.1, 0.15) is 25.0 Å². The van der Waals surface area contributed by atoms with Crippen LogP contribution in [0.2, 0.25) is 0 Å². The number of carbonyl (C=O) groups excluding carboxylic acids is 2. The molecule has 0 aliphatic heterocycles. The summed E-state index contributed by atoms with van der Waals surface area (Å²) in [5, 5.41) is 2.76. The first-order valence-electron chi connectivity index (χ1n) is 12.5. The number of thioether (sulfide) groups is 1. The van der Waals surface area contributed by atoms with Gasteiger partial charge in [0.2, 0.25) is 11.8 Å². The molecule has 0 heterocycles. The van der Waals surface area contributed by atoms with E-state index in [1.807, 2.05) is 25.3 Å². The Morgan fingerprint density at radius 3 is 2.13 bits per heavy atom. The number of likely N-dealkylation sites (N-methyl/N-ethyl adjacent to an activating group) is 1. The second-order valence-corrected chi connectivity index (χ2v) is 11.7. The van der Waals surface area contributed by atoms with E-state index in [-0.39, 0.29) is 17.3 Å². The van der Waals surface area contributed by atoms with Crippen molar-refractivity contribution in [2.24, 2.45) is 0 Å². The number of nitrogens with zero attached hydrogens (tertiary/aromatic N) is 2. The molecule has 0 unspecified atom stereocenters. The lowest BCUT2D eigenvalue weighted by Crippen LogP contribution is -2.51. The van der Waals surface area contributed by atoms with Gasteiger partial charge in [-0.25, -0.2) is 8.42 Å². The number of carbonyl (C=O) groups is 2. The Morgan fingerprint density at radius 1 is 0.974 bits per heavy atom. The monoisotopic (exact) mass is 569 g/mol. The van der Waals surface area contributed by atoms with Crippen LogP contribution in [0.15, 0.2) is 82.6 Å². The number of aryl methyl sites for hydroxylation is 1. The van der Waals surface area contributed by atoms with Gasteiger partial charge < -0.3 is 15.0 Å². The molecule has 0 radical (unpaired) electrons. The summed E-state index contributed by atoms with van der Waals surface area (Å²) in [7, 11) is -2.53. The number of benzene rings is 3. The van der Waals surface area contributed by atoms with Crippen LogP contribution in [0, 0.1) is 6.92 Å². The van der Waals surface area contributed by atoms with Crippen LogP contribution in [0.4, 0.5) is 5.69 Å². The second kappa shape index (κ2) is 13.5. The fourth-order valence-electron chi connectivity index (χ4n) is 3.95. The third-order valence-corrected chi connectivity index (χ3v) is 8.81. The molecule has 0 saturated heterocycles. The molecular weight excluding hydrogens is 534 g/mol. The average molecular weight is 570 g/mol. The van der Waals surface area contributed by atoms with Crippen molar-refractivity contribution >= 4 is 39.3 Å². The minimum Gasteiger partial charge on any atom is -0.497 e. The van der Waals surface area contributed by atoms with Gasteiger partial charge in [-0.05, 0) is 81.1 Å². The lowest BCUT2D eigenvalue weighted by molar-refractivity contribution is -0.139. The number of ether oxygens (including phenoxy) is 1. The lowest BCUT2D eigenvalue weighted by atomic mass is 10.1. The van der Waals surface area contributed by atoms with Gasteiger partial charge in [-0.15, -0.1) is 11.8 Å². The van der Waals surface area contributed by atoms with Gasteiger partial charge in [0.05, 0.1) is 17.7 Å². The standard InChI is InChI=1S/C29H35N3O5S2/c1-6-30-29(34)22(3)31(19-23-9-13-25(37-4)14-10-23)28(33)20-32(24-11-7-21(2)8-12-24)39(35,36)27-17-15-26(38-5)16-18-27/h7-18,22H,6,19-20H2,1-5H3,(H,30,34)/t22-/m0/s1. The highest BCUT2D eigenvalue weighted by Gasteiger charge is 2.32. The van der Waals surface area contributed by atoms with Crippen molar-refractivity contribution in [1.82, 2.24) is 10.2 Å². The van der Waals surface area contributed by atoms with Gasteiger partial charge in [-0.2, -0.15) is 0 Å². The quantitative estimate of drug-likeness (QED) is 0.323. The smallest absolute Gasteiger partial charge is 0.264 e. The molecule has 0 aromatic heterocycles. The summed E-state index contributed by atoms with van der Waals surface area (Å²) < 4.78 is 34.1. The third-order valence-electron chi connectivity index (χ3n) is 6.28. The normalized spacial score (nSPS) is 11.9. The first-order valence-corrected chi connectivity index (χ1v) is 15.2. The number of amides is 2. The molecule has 3 aromatic carbocycles. The molecule has 0 aliphatic carbocycles. The van der Waals surface area contributed by atoms with Gasteiger partial charge in [0.15, 0.2) is 0 Å². The molecule has 1 atom stereocenters. The number of methoxy groups -OCH3 is 1. The zero-order valence-corrected chi connectivity index (χ0v) is 24.5. The van der Waals surface area contributed by atoms with Crippen LogP contribution in [0.5, 0.6) is 5.75 Å². The number of nitrogens with one attached hydrogen (secondary N) is 1. The van der Waals surface area contributed by atoms with E-state index in [9.17, 15) is 18.0 Å². The Morgan fingerprint density at radius 2 is 1.59 bits per heavy atom. The minimum atomic E-state index is -4.10. The predicted octanol–water partition coefficient (Wildman–Crippen LogP) is 4.47. The van der Waals surface area contributed by atoms with Crippen molar-refractivity contribution in [2.45, 2.75) is 43.1 Å². The third kappa shape index (κ3) is 7.54. The number of sulfonamides is 1. The maximum absolute atomic E-state index is 13.9. The van der Waals surface area contributed by atoms with Crippen molar-refractivity contribution in [3.63, 3.8) is 0 Å². The fourth-order valence-corrected chi connectivity index (χ4v) is 5.77. The highest BCUT2D eigenvalue weighted by molar-refractivity contribution is 7.98. The average Bonchev–Trinajstić information content (AvgIpc) is 2.95. The highest BCUT2D eigenvalue weighted by Crippen LogP contribution is 2.26. The van der Waals surface area contributed by atoms with E-state index in [1.165, 1.54) is 16.7 Å². The van der Waals surface area contributed by atoms with Crippen LogP contribution in [-0.4, -0.2) is 57.6 Å². The minimum absolute atomic E-state index is 0.0761. The van der Waals surface area contributed by atoms with E-state index in [0.717, 1.165) is 20.3 Å². The van der Waals surface area contributed by atoms with Crippen molar-refractivity contribution in [1.29, 1.82) is 0 Å². The molecule has 8 nitrogen and oxygen atoms in total. The number of hydrogen-bond donors (Lipinski definition) is 1. The zero-order valence-electron chi connectivity index (χ0n) is 22.9. The van der Waals surface area contributed by atoms with Crippen LogP contribution in [-0.2, 0) is 26.2 Å². The molecule has 0 bridgehead atoms. The van der Waals surface area contributed by atoms with Gasteiger partial charge in [0.1, 0.15) is 18.3 Å². The Bertz CT molecular complexity index is 1360. The lowest BCUT2D eigenvalue weighted by Gasteiger charge is -2.32. The first kappa shape index (κ1) is 30.0. The summed E-state index contributed by atoms with van der Waals surface area (Å²) in [5.41, 5.74) is 2.09. The molecule has 208 valence electrons. The summed E-state index contributed by atoms with van der Waals surface area (Å²) in [5.74, 6) is -0.163. The Labute approximate surface area is 235 Å². The van der Waals surface area contributed by atoms with Gasteiger partial charge in [0, 0.05) is 18.0 Å². The van der Waals surface area contributed by atoms with Crippen LogP contribution >= 0.6 is 11.8 Å². The molecule has 1 N–H and O–H groups in total. The molecular formula is C29H35N3O5S2. The zero-order chi connectivity index (χ0) is 28.6. The van der Waals surface area contributed by atoms with E-state index in [0.29, 0.717) is 18.0 Å². The maximum Gasteiger partial charge on any atom is 0.264 e. The van der Waals surface area contributed by atoms with Crippen molar-refractivity contribution in [3.05, 3.63) is 83.9 Å². The second-order valence-electron chi connectivity index (χ2n) is 8.96. The first-order chi connectivity index (χ1) is 18.6. The largest absolute Gasteiger partial charge is 0.497 e. The molecule has 0 spiro atoms. The number of rotatable bonds is 12. The number of hydrogen-bond acceptors (Lipinski definition) is 6. The van der Waals surface area contributed by atoms with Gasteiger partial charge in [-0.3, -0.25) is 13.9 Å². The Hall–Kier alpha value is -3.50. The van der Waals surface area contributed by atoms with Crippen molar-refractivity contribution in [3.8, 4) is 5.75 Å². The van der Waals surface area contributed by atoms with Crippen molar-refractivity contribution in [2.75, 3.05) is 30.8 Å². The Kier molecular flexibility index (Phi) is 10.4. The fraction of sp³-hybridized carbons (Fsp3) is 0.310. The van der Waals surface area contributed by atoms with E-state index >= 15 is 0 Å². The van der Waals surface area contributed by atoms with Crippen LogP contribution < -0.4 is 14.4 Å². The van der Waals surface area contributed by atoms with Gasteiger partial charge in [0.25, 0.3) is 10.0 Å². The van der Waals surface area contributed by atoms with E-state index in [2.05, 4.69) is 5.32 Å². The molecule has 3 rings (SSSR count). The van der Waals surface area contributed by atoms with Crippen LogP contribution in [0.3, 0.4) is 0 Å². The van der Waals surface area contributed by atoms with Crippen LogP contribution in [0.25, 0.3) is 0 Å². The molecule has 0 aliphatic rings. The molecule has 39 heavy (non-hydrogen) atoms. The summed E-state index contributed by atoms with van der Waals surface area (Å²) in [6.45, 7) is 5.39. The predicted molar refractivity (Wildman–Crippen MR) is 156 cm³/mol. The molecule has 10 heteroatoms. The van der Waals surface area contributed by atoms with Crippen molar-refractivity contribution < 1.29 is 22.7 Å². The molecule has 3 aromatic rings. The van der Waals surface area contributed by atoms with E-state index in [1.54, 1.807) is 81.6 Å². The van der Waals surface area contributed by atoms with Gasteiger partial charge in [-0.1, -0.05) is 29.8 Å². The summed E-state index contributed by atoms with van der Waals surface area (Å²) in [4.78, 5) is 29.1. The SMILES string of the molecule is CCNC(=O)[C@H](C)N(Cc1ccc(OC)cc1)C(=O)CN(c1ccc(C)cc1)S(=O)(=O)c1ccc(SC)cc1. The topological polar surface area (TPSA) is 96.0 Å².